The van der Waals surface area contributed by atoms with Crippen molar-refractivity contribution in [3.05, 3.63) is 60.3 Å². The minimum atomic E-state index is -0.0685. The lowest BCUT2D eigenvalue weighted by atomic mass is 10.3. The number of rotatable bonds is 4. The van der Waals surface area contributed by atoms with Crippen LogP contribution in [0.1, 0.15) is 0 Å². The van der Waals surface area contributed by atoms with Crippen molar-refractivity contribution >= 4 is 47.8 Å². The molecule has 3 nitrogen and oxygen atoms in total. The molecule has 1 aromatic carbocycles. The molecule has 0 aliphatic carbocycles. The van der Waals surface area contributed by atoms with E-state index in [9.17, 15) is 4.79 Å². The van der Waals surface area contributed by atoms with Crippen LogP contribution in [-0.4, -0.2) is 11.2 Å². The molecule has 2 rings (SSSR count). The molecule has 1 aromatic heterocycles. The second kappa shape index (κ2) is 6.72. The van der Waals surface area contributed by atoms with Crippen molar-refractivity contribution in [1.29, 1.82) is 0 Å². The Kier molecular flexibility index (Phi) is 5.24. The van der Waals surface area contributed by atoms with E-state index in [0.29, 0.717) is 17.6 Å². The predicted octanol–water partition coefficient (Wildman–Crippen LogP) is 4.21. The second-order valence-corrected chi connectivity index (χ2v) is 6.50. The second-order valence-electron chi connectivity index (χ2n) is 3.81. The smallest absolute Gasteiger partial charge is 0.265 e. The number of benzene rings is 1. The Morgan fingerprint density at radius 3 is 2.63 bits per heavy atom. The van der Waals surface area contributed by atoms with Crippen LogP contribution >= 0.6 is 47.8 Å². The molecule has 0 amide bonds. The minimum absolute atomic E-state index is 0.0685. The molecule has 19 heavy (non-hydrogen) atoms. The molecule has 0 aliphatic heterocycles. The fraction of sp³-hybridized carbons (Fsp3) is 0.154. The van der Waals surface area contributed by atoms with Crippen LogP contribution in [0.15, 0.2) is 54.7 Å². The van der Waals surface area contributed by atoms with Gasteiger partial charge in [-0.25, -0.2) is 0 Å². The SMILES string of the molecule is O=c1c(Br)cc(Br)cn1CCOc1cccc(Br)c1. The number of nitrogens with zero attached hydrogens (tertiary/aromatic N) is 1. The molecule has 0 bridgehead atoms. The van der Waals surface area contributed by atoms with Crippen molar-refractivity contribution in [2.75, 3.05) is 6.61 Å². The zero-order valence-electron chi connectivity index (χ0n) is 9.78. The molecule has 0 unspecified atom stereocenters. The summed E-state index contributed by atoms with van der Waals surface area (Å²) >= 11 is 9.97. The Hall–Kier alpha value is -0.590. The molecular formula is C13H10Br3NO2. The number of hydrogen-bond acceptors (Lipinski definition) is 2. The molecule has 0 spiro atoms. The van der Waals surface area contributed by atoms with Crippen LogP contribution in [0.5, 0.6) is 5.75 Å². The predicted molar refractivity (Wildman–Crippen MR) is 85.7 cm³/mol. The number of ether oxygens (including phenoxy) is 1. The van der Waals surface area contributed by atoms with E-state index in [1.165, 1.54) is 0 Å². The van der Waals surface area contributed by atoms with Gasteiger partial charge in [-0.1, -0.05) is 22.0 Å². The molecule has 0 N–H and O–H groups in total. The molecule has 6 heteroatoms. The van der Waals surface area contributed by atoms with Crippen LogP contribution < -0.4 is 10.3 Å². The van der Waals surface area contributed by atoms with Gasteiger partial charge in [-0.2, -0.15) is 0 Å². The molecule has 100 valence electrons. The average Bonchev–Trinajstić information content (AvgIpc) is 2.35. The number of pyridine rings is 1. The summed E-state index contributed by atoms with van der Waals surface area (Å²) in [6, 6.07) is 9.34. The van der Waals surface area contributed by atoms with Gasteiger partial charge in [-0.3, -0.25) is 4.79 Å². The fourth-order valence-electron chi connectivity index (χ4n) is 1.55. The van der Waals surface area contributed by atoms with Crippen LogP contribution in [0, 0.1) is 0 Å². The third kappa shape index (κ3) is 4.19. The van der Waals surface area contributed by atoms with Crippen LogP contribution in [0.2, 0.25) is 0 Å². The molecule has 0 saturated heterocycles. The normalized spacial score (nSPS) is 10.5. The summed E-state index contributed by atoms with van der Waals surface area (Å²) in [5.41, 5.74) is -0.0685. The van der Waals surface area contributed by atoms with E-state index < -0.39 is 0 Å². The summed E-state index contributed by atoms with van der Waals surface area (Å²) in [5, 5.41) is 0. The zero-order chi connectivity index (χ0) is 13.8. The third-order valence-corrected chi connectivity index (χ3v) is 3.90. The topological polar surface area (TPSA) is 31.2 Å². The molecule has 0 radical (unpaired) electrons. The Balaban J connectivity index is 2.02. The van der Waals surface area contributed by atoms with Crippen molar-refractivity contribution in [2.45, 2.75) is 6.54 Å². The minimum Gasteiger partial charge on any atom is -0.492 e. The van der Waals surface area contributed by atoms with Gasteiger partial charge in [0.05, 0.1) is 11.0 Å². The van der Waals surface area contributed by atoms with Crippen LogP contribution in [-0.2, 0) is 6.54 Å². The maximum Gasteiger partial charge on any atom is 0.265 e. The summed E-state index contributed by atoms with van der Waals surface area (Å²) in [4.78, 5) is 11.8. The van der Waals surface area contributed by atoms with Gasteiger partial charge in [-0.05, 0) is 56.1 Å². The van der Waals surface area contributed by atoms with Gasteiger partial charge in [0, 0.05) is 15.1 Å². The van der Waals surface area contributed by atoms with Crippen molar-refractivity contribution in [3.8, 4) is 5.75 Å². The first-order chi connectivity index (χ1) is 9.06. The van der Waals surface area contributed by atoms with E-state index in [1.807, 2.05) is 24.3 Å². The average molecular weight is 452 g/mol. The monoisotopic (exact) mass is 449 g/mol. The molecule has 0 atom stereocenters. The lowest BCUT2D eigenvalue weighted by Crippen LogP contribution is -2.23. The molecule has 0 saturated carbocycles. The molecule has 1 heterocycles. The van der Waals surface area contributed by atoms with Crippen molar-refractivity contribution < 1.29 is 4.74 Å². The fourth-order valence-corrected chi connectivity index (χ4v) is 3.19. The van der Waals surface area contributed by atoms with Crippen molar-refractivity contribution in [1.82, 2.24) is 4.57 Å². The molecule has 0 fully saturated rings. The first-order valence-corrected chi connectivity index (χ1v) is 7.88. The first kappa shape index (κ1) is 14.8. The number of halogens is 3. The van der Waals surface area contributed by atoms with E-state index in [-0.39, 0.29) is 5.56 Å². The van der Waals surface area contributed by atoms with E-state index in [4.69, 9.17) is 4.74 Å². The van der Waals surface area contributed by atoms with Gasteiger partial charge in [0.2, 0.25) is 0 Å². The number of hydrogen-bond donors (Lipinski definition) is 0. The van der Waals surface area contributed by atoms with E-state index in [0.717, 1.165) is 14.7 Å². The highest BCUT2D eigenvalue weighted by Gasteiger charge is 2.03. The summed E-state index contributed by atoms with van der Waals surface area (Å²) in [6.07, 6.45) is 1.75. The van der Waals surface area contributed by atoms with Crippen LogP contribution in [0.4, 0.5) is 0 Å². The Morgan fingerprint density at radius 2 is 1.89 bits per heavy atom. The van der Waals surface area contributed by atoms with Gasteiger partial charge in [-0.15, -0.1) is 0 Å². The van der Waals surface area contributed by atoms with Crippen LogP contribution in [0.3, 0.4) is 0 Å². The Morgan fingerprint density at radius 1 is 1.11 bits per heavy atom. The Labute approximate surface area is 136 Å². The van der Waals surface area contributed by atoms with Crippen LogP contribution in [0.25, 0.3) is 0 Å². The summed E-state index contributed by atoms with van der Waals surface area (Å²) in [7, 11) is 0. The highest BCUT2D eigenvalue weighted by atomic mass is 79.9. The number of aromatic nitrogens is 1. The van der Waals surface area contributed by atoms with Crippen molar-refractivity contribution in [3.63, 3.8) is 0 Å². The van der Waals surface area contributed by atoms with E-state index in [2.05, 4.69) is 47.8 Å². The maximum absolute atomic E-state index is 11.8. The van der Waals surface area contributed by atoms with Gasteiger partial charge in [0.1, 0.15) is 12.4 Å². The summed E-state index contributed by atoms with van der Waals surface area (Å²) in [6.45, 7) is 0.919. The van der Waals surface area contributed by atoms with Gasteiger partial charge < -0.3 is 9.30 Å². The zero-order valence-corrected chi connectivity index (χ0v) is 14.5. The Bertz CT molecular complexity index is 640. The largest absolute Gasteiger partial charge is 0.492 e. The summed E-state index contributed by atoms with van der Waals surface area (Å²) < 4.78 is 9.55. The molecular weight excluding hydrogens is 442 g/mol. The summed E-state index contributed by atoms with van der Waals surface area (Å²) in [5.74, 6) is 0.775. The molecule has 0 aliphatic rings. The third-order valence-electron chi connectivity index (χ3n) is 2.41. The molecule has 2 aromatic rings. The van der Waals surface area contributed by atoms with Gasteiger partial charge in [0.25, 0.3) is 5.56 Å². The van der Waals surface area contributed by atoms with Crippen molar-refractivity contribution in [2.24, 2.45) is 0 Å². The standard InChI is InChI=1S/C13H10Br3NO2/c14-9-2-1-3-11(6-9)19-5-4-17-8-10(15)7-12(16)13(17)18/h1-3,6-8H,4-5H2. The quantitative estimate of drug-likeness (QED) is 0.697. The highest BCUT2D eigenvalue weighted by molar-refractivity contribution is 9.11. The van der Waals surface area contributed by atoms with Gasteiger partial charge >= 0.3 is 0 Å². The maximum atomic E-state index is 11.8. The van der Waals surface area contributed by atoms with E-state index in [1.54, 1.807) is 16.8 Å². The van der Waals surface area contributed by atoms with E-state index >= 15 is 0 Å². The lowest BCUT2D eigenvalue weighted by Gasteiger charge is -2.09. The first-order valence-electron chi connectivity index (χ1n) is 5.50. The van der Waals surface area contributed by atoms with Gasteiger partial charge in [0.15, 0.2) is 0 Å². The highest BCUT2D eigenvalue weighted by Crippen LogP contribution is 2.18. The lowest BCUT2D eigenvalue weighted by molar-refractivity contribution is 0.296.